The lowest BCUT2D eigenvalue weighted by Gasteiger charge is -2.29. The smallest absolute Gasteiger partial charge is 0.161 e. The predicted molar refractivity (Wildman–Crippen MR) is 110 cm³/mol. The van der Waals surface area contributed by atoms with Gasteiger partial charge < -0.3 is 14.4 Å². The quantitative estimate of drug-likeness (QED) is 0.579. The van der Waals surface area contributed by atoms with Crippen molar-refractivity contribution in [2.24, 2.45) is 0 Å². The summed E-state index contributed by atoms with van der Waals surface area (Å²) in [6.45, 7) is 4.42. The fraction of sp³-hybridized carbons (Fsp3) is 0.381. The molecule has 0 radical (unpaired) electrons. The van der Waals surface area contributed by atoms with E-state index in [-0.39, 0.29) is 12.4 Å². The van der Waals surface area contributed by atoms with E-state index in [1.807, 2.05) is 25.1 Å². The highest BCUT2D eigenvalue weighted by Crippen LogP contribution is 2.31. The van der Waals surface area contributed by atoms with Gasteiger partial charge in [-0.2, -0.15) is 0 Å². The molecule has 0 unspecified atom stereocenters. The molecule has 0 atom stereocenters. The first-order valence-corrected chi connectivity index (χ1v) is 10.0. The normalized spacial score (nSPS) is 14.1. The molecule has 1 aliphatic rings. The second-order valence-electron chi connectivity index (χ2n) is 6.44. The Morgan fingerprint density at radius 1 is 1.11 bits per heavy atom. The molecule has 1 heterocycles. The molecule has 0 amide bonds. The number of thiocarbonyl (C=S) groups is 1. The van der Waals surface area contributed by atoms with Crippen molar-refractivity contribution in [1.82, 2.24) is 4.90 Å². The molecule has 144 valence electrons. The highest BCUT2D eigenvalue weighted by atomic mass is 35.5. The predicted octanol–water partition coefficient (Wildman–Crippen LogP) is 5.62. The van der Waals surface area contributed by atoms with Gasteiger partial charge in [-0.25, -0.2) is 4.39 Å². The average molecular weight is 408 g/mol. The van der Waals surface area contributed by atoms with Crippen LogP contribution in [-0.2, 0) is 6.61 Å². The first-order chi connectivity index (χ1) is 13.1. The van der Waals surface area contributed by atoms with E-state index in [0.29, 0.717) is 28.7 Å². The lowest BCUT2D eigenvalue weighted by Crippen LogP contribution is -2.34. The number of hydrogen-bond acceptors (Lipinski definition) is 3. The molecule has 1 fully saturated rings. The van der Waals surface area contributed by atoms with Crippen LogP contribution in [0, 0.1) is 5.82 Å². The van der Waals surface area contributed by atoms with Crippen LogP contribution in [0.4, 0.5) is 4.39 Å². The molecule has 3 rings (SSSR count). The Kier molecular flexibility index (Phi) is 6.91. The number of halogens is 2. The summed E-state index contributed by atoms with van der Waals surface area (Å²) in [5.41, 5.74) is 1.26. The van der Waals surface area contributed by atoms with Gasteiger partial charge in [0.05, 0.1) is 11.6 Å². The SMILES string of the molecule is CCOc1cc(C(=S)N2CCCCC2)ccc1OCc1c(F)cccc1Cl. The molecule has 0 N–H and O–H groups in total. The van der Waals surface area contributed by atoms with E-state index in [0.717, 1.165) is 23.6 Å². The second-order valence-corrected chi connectivity index (χ2v) is 7.23. The standard InChI is InChI=1S/C21H23ClFNO2S/c1-2-25-20-13-15(21(27)24-11-4-3-5-12-24)9-10-19(20)26-14-16-17(22)7-6-8-18(16)23/h6-10,13H,2-5,11-12,14H2,1H3. The van der Waals surface area contributed by atoms with Crippen molar-refractivity contribution in [2.75, 3.05) is 19.7 Å². The van der Waals surface area contributed by atoms with Crippen LogP contribution in [0.5, 0.6) is 11.5 Å². The fourth-order valence-corrected chi connectivity index (χ4v) is 3.66. The van der Waals surface area contributed by atoms with E-state index in [4.69, 9.17) is 33.3 Å². The maximum atomic E-state index is 14.0. The van der Waals surface area contributed by atoms with Crippen LogP contribution in [0.2, 0.25) is 5.02 Å². The third kappa shape index (κ3) is 4.90. The third-order valence-electron chi connectivity index (χ3n) is 4.57. The summed E-state index contributed by atoms with van der Waals surface area (Å²) in [4.78, 5) is 3.07. The van der Waals surface area contributed by atoms with Crippen LogP contribution in [0.3, 0.4) is 0 Å². The van der Waals surface area contributed by atoms with Gasteiger partial charge in [-0.05, 0) is 56.5 Å². The molecule has 2 aromatic rings. The Labute approximate surface area is 170 Å². The molecule has 27 heavy (non-hydrogen) atoms. The minimum Gasteiger partial charge on any atom is -0.490 e. The number of likely N-dealkylation sites (tertiary alicyclic amines) is 1. The zero-order chi connectivity index (χ0) is 19.2. The summed E-state index contributed by atoms with van der Waals surface area (Å²) >= 11 is 11.7. The van der Waals surface area contributed by atoms with Crippen molar-refractivity contribution in [2.45, 2.75) is 32.8 Å². The second kappa shape index (κ2) is 9.38. The van der Waals surface area contributed by atoms with Crippen LogP contribution in [0.1, 0.15) is 37.3 Å². The van der Waals surface area contributed by atoms with Crippen LogP contribution < -0.4 is 9.47 Å². The van der Waals surface area contributed by atoms with Gasteiger partial charge in [0.25, 0.3) is 0 Å². The molecule has 0 aromatic heterocycles. The Morgan fingerprint density at radius 3 is 2.59 bits per heavy atom. The summed E-state index contributed by atoms with van der Waals surface area (Å²) in [6, 6.07) is 10.2. The molecular formula is C21H23ClFNO2S. The maximum absolute atomic E-state index is 14.0. The van der Waals surface area contributed by atoms with Crippen molar-refractivity contribution in [3.63, 3.8) is 0 Å². The Hall–Kier alpha value is -1.85. The molecule has 0 bridgehead atoms. The van der Waals surface area contributed by atoms with Crippen molar-refractivity contribution in [1.29, 1.82) is 0 Å². The van der Waals surface area contributed by atoms with Gasteiger partial charge >= 0.3 is 0 Å². The minimum absolute atomic E-state index is 0.0293. The number of hydrogen-bond donors (Lipinski definition) is 0. The third-order valence-corrected chi connectivity index (χ3v) is 5.42. The van der Waals surface area contributed by atoms with Gasteiger partial charge in [0.15, 0.2) is 11.5 Å². The minimum atomic E-state index is -0.386. The zero-order valence-electron chi connectivity index (χ0n) is 15.3. The molecule has 1 saturated heterocycles. The van der Waals surface area contributed by atoms with E-state index < -0.39 is 0 Å². The van der Waals surface area contributed by atoms with Gasteiger partial charge in [-0.3, -0.25) is 0 Å². The molecule has 0 aliphatic carbocycles. The van der Waals surface area contributed by atoms with Crippen molar-refractivity contribution in [3.05, 3.63) is 58.4 Å². The van der Waals surface area contributed by atoms with Gasteiger partial charge in [0.2, 0.25) is 0 Å². The molecular weight excluding hydrogens is 385 g/mol. The number of benzene rings is 2. The first-order valence-electron chi connectivity index (χ1n) is 9.22. The summed E-state index contributed by atoms with van der Waals surface area (Å²) in [7, 11) is 0. The molecule has 0 saturated carbocycles. The maximum Gasteiger partial charge on any atom is 0.161 e. The van der Waals surface area contributed by atoms with E-state index in [1.165, 1.54) is 25.3 Å². The van der Waals surface area contributed by atoms with E-state index in [9.17, 15) is 4.39 Å². The molecule has 6 heteroatoms. The van der Waals surface area contributed by atoms with Gasteiger partial charge in [0, 0.05) is 24.2 Å². The molecule has 3 nitrogen and oxygen atoms in total. The number of rotatable bonds is 6. The zero-order valence-corrected chi connectivity index (χ0v) is 16.9. The number of nitrogens with zero attached hydrogens (tertiary/aromatic N) is 1. The largest absolute Gasteiger partial charge is 0.490 e. The summed E-state index contributed by atoms with van der Waals surface area (Å²) < 4.78 is 25.5. The Bertz CT molecular complexity index is 789. The van der Waals surface area contributed by atoms with Crippen LogP contribution in [0.15, 0.2) is 36.4 Å². The molecule has 0 spiro atoms. The fourth-order valence-electron chi connectivity index (χ4n) is 3.13. The first kappa shape index (κ1) is 19.9. The molecule has 2 aromatic carbocycles. The van der Waals surface area contributed by atoms with Crippen LogP contribution in [0.25, 0.3) is 0 Å². The van der Waals surface area contributed by atoms with Crippen LogP contribution in [-0.4, -0.2) is 29.6 Å². The monoisotopic (exact) mass is 407 g/mol. The molecule has 1 aliphatic heterocycles. The highest BCUT2D eigenvalue weighted by molar-refractivity contribution is 7.80. The summed E-state index contributed by atoms with van der Waals surface area (Å²) in [5, 5.41) is 0.343. The van der Waals surface area contributed by atoms with Gasteiger partial charge in [-0.1, -0.05) is 29.9 Å². The van der Waals surface area contributed by atoms with E-state index >= 15 is 0 Å². The van der Waals surface area contributed by atoms with Crippen LogP contribution >= 0.6 is 23.8 Å². The van der Waals surface area contributed by atoms with Crippen molar-refractivity contribution >= 4 is 28.8 Å². The lowest BCUT2D eigenvalue weighted by atomic mass is 10.1. The van der Waals surface area contributed by atoms with Gasteiger partial charge in [-0.15, -0.1) is 0 Å². The number of ether oxygens (including phenoxy) is 2. The van der Waals surface area contributed by atoms with Crippen molar-refractivity contribution < 1.29 is 13.9 Å². The highest BCUT2D eigenvalue weighted by Gasteiger charge is 2.17. The van der Waals surface area contributed by atoms with E-state index in [2.05, 4.69) is 4.90 Å². The summed E-state index contributed by atoms with van der Waals surface area (Å²) in [6.07, 6.45) is 3.60. The average Bonchev–Trinajstić information content (AvgIpc) is 2.69. The topological polar surface area (TPSA) is 21.7 Å². The lowest BCUT2D eigenvalue weighted by molar-refractivity contribution is 0.266. The van der Waals surface area contributed by atoms with Crippen molar-refractivity contribution in [3.8, 4) is 11.5 Å². The Morgan fingerprint density at radius 2 is 1.89 bits per heavy atom. The number of piperidine rings is 1. The van der Waals surface area contributed by atoms with E-state index in [1.54, 1.807) is 12.1 Å². The summed E-state index contributed by atoms with van der Waals surface area (Å²) in [5.74, 6) is 0.756. The van der Waals surface area contributed by atoms with Gasteiger partial charge in [0.1, 0.15) is 17.4 Å². The Balaban J connectivity index is 1.78.